The van der Waals surface area contributed by atoms with Crippen LogP contribution >= 0.6 is 0 Å². The zero-order valence-corrected chi connectivity index (χ0v) is 16.9. The molecule has 0 atom stereocenters. The maximum absolute atomic E-state index is 12.4. The zero-order valence-electron chi connectivity index (χ0n) is 16.0. The van der Waals surface area contributed by atoms with Crippen LogP contribution in [0.3, 0.4) is 0 Å². The number of amides is 1. The summed E-state index contributed by atoms with van der Waals surface area (Å²) in [5.41, 5.74) is 2.46. The van der Waals surface area contributed by atoms with Crippen LogP contribution in [0.1, 0.15) is 28.5 Å². The first kappa shape index (κ1) is 20.4. The fourth-order valence-electron chi connectivity index (χ4n) is 3.19. The van der Waals surface area contributed by atoms with Gasteiger partial charge >= 0.3 is 0 Å². The molecule has 2 aromatic rings. The van der Waals surface area contributed by atoms with Gasteiger partial charge in [-0.2, -0.15) is 4.31 Å². The van der Waals surface area contributed by atoms with Crippen molar-refractivity contribution in [3.8, 4) is 0 Å². The Bertz CT molecular complexity index is 895. The lowest BCUT2D eigenvalue weighted by atomic mass is 10.1. The summed E-state index contributed by atoms with van der Waals surface area (Å²) < 4.78 is 25.5. The molecule has 2 heterocycles. The third-order valence-corrected chi connectivity index (χ3v) is 6.72. The Kier molecular flexibility index (Phi) is 6.77. The SMILES string of the molecule is CCS(=O)(=O)N1CCN(Cc2cccc(C(=O)NCc3ccccn3)c2)CC1. The third-order valence-electron chi connectivity index (χ3n) is 4.84. The Morgan fingerprint density at radius 3 is 2.57 bits per heavy atom. The number of hydrogen-bond donors (Lipinski definition) is 1. The highest BCUT2D eigenvalue weighted by Crippen LogP contribution is 2.13. The average molecular weight is 403 g/mol. The second kappa shape index (κ2) is 9.27. The number of pyridine rings is 1. The van der Waals surface area contributed by atoms with Crippen molar-refractivity contribution in [1.82, 2.24) is 19.5 Å². The monoisotopic (exact) mass is 402 g/mol. The molecule has 0 saturated carbocycles. The highest BCUT2D eigenvalue weighted by molar-refractivity contribution is 7.89. The predicted octanol–water partition coefficient (Wildman–Crippen LogP) is 1.48. The molecule has 7 nitrogen and oxygen atoms in total. The Hall–Kier alpha value is -2.29. The first-order valence-corrected chi connectivity index (χ1v) is 11.1. The molecule has 1 aromatic heterocycles. The molecule has 0 unspecified atom stereocenters. The normalized spacial score (nSPS) is 16.0. The third kappa shape index (κ3) is 5.37. The van der Waals surface area contributed by atoms with Crippen LogP contribution in [0.4, 0.5) is 0 Å². The van der Waals surface area contributed by atoms with Gasteiger partial charge in [-0.25, -0.2) is 8.42 Å². The van der Waals surface area contributed by atoms with Crippen molar-refractivity contribution in [1.29, 1.82) is 0 Å². The highest BCUT2D eigenvalue weighted by atomic mass is 32.2. The van der Waals surface area contributed by atoms with E-state index in [2.05, 4.69) is 15.2 Å². The van der Waals surface area contributed by atoms with Gasteiger partial charge in [0.2, 0.25) is 10.0 Å². The molecule has 3 rings (SSSR count). The van der Waals surface area contributed by atoms with Crippen molar-refractivity contribution >= 4 is 15.9 Å². The first-order chi connectivity index (χ1) is 13.5. The zero-order chi connectivity index (χ0) is 20.0. The Morgan fingerprint density at radius 1 is 1.11 bits per heavy atom. The largest absolute Gasteiger partial charge is 0.346 e. The number of carbonyl (C=O) groups excluding carboxylic acids is 1. The van der Waals surface area contributed by atoms with E-state index in [-0.39, 0.29) is 11.7 Å². The van der Waals surface area contributed by atoms with E-state index in [0.717, 1.165) is 11.3 Å². The molecule has 1 aliphatic heterocycles. The number of sulfonamides is 1. The van der Waals surface area contributed by atoms with Crippen LogP contribution in [-0.2, 0) is 23.1 Å². The molecule has 0 radical (unpaired) electrons. The molecule has 8 heteroatoms. The number of benzene rings is 1. The molecule has 1 amide bonds. The van der Waals surface area contributed by atoms with E-state index in [1.807, 2.05) is 36.4 Å². The van der Waals surface area contributed by atoms with E-state index in [9.17, 15) is 13.2 Å². The minimum atomic E-state index is -3.12. The summed E-state index contributed by atoms with van der Waals surface area (Å²) in [4.78, 5) is 18.8. The van der Waals surface area contributed by atoms with E-state index in [1.54, 1.807) is 23.5 Å². The summed E-state index contributed by atoms with van der Waals surface area (Å²) in [6, 6.07) is 13.2. The van der Waals surface area contributed by atoms with Crippen LogP contribution in [0.15, 0.2) is 48.7 Å². The van der Waals surface area contributed by atoms with E-state index >= 15 is 0 Å². The Labute approximate surface area is 166 Å². The van der Waals surface area contributed by atoms with E-state index in [4.69, 9.17) is 0 Å². The first-order valence-electron chi connectivity index (χ1n) is 9.45. The second-order valence-electron chi connectivity index (χ2n) is 6.78. The fourth-order valence-corrected chi connectivity index (χ4v) is 4.28. The van der Waals surface area contributed by atoms with Crippen molar-refractivity contribution < 1.29 is 13.2 Å². The lowest BCUT2D eigenvalue weighted by Crippen LogP contribution is -2.48. The number of hydrogen-bond acceptors (Lipinski definition) is 5. The number of nitrogens with one attached hydrogen (secondary N) is 1. The quantitative estimate of drug-likeness (QED) is 0.759. The lowest BCUT2D eigenvalue weighted by molar-refractivity contribution is 0.0950. The molecule has 1 fully saturated rings. The van der Waals surface area contributed by atoms with E-state index in [1.165, 1.54) is 0 Å². The van der Waals surface area contributed by atoms with Gasteiger partial charge < -0.3 is 5.32 Å². The van der Waals surface area contributed by atoms with Crippen LogP contribution in [0.5, 0.6) is 0 Å². The van der Waals surface area contributed by atoms with Crippen molar-refractivity contribution in [2.24, 2.45) is 0 Å². The Balaban J connectivity index is 1.54. The van der Waals surface area contributed by atoms with Crippen LogP contribution in [0.25, 0.3) is 0 Å². The fraction of sp³-hybridized carbons (Fsp3) is 0.400. The van der Waals surface area contributed by atoms with Gasteiger partial charge in [-0.05, 0) is 36.8 Å². The molecule has 0 bridgehead atoms. The molecule has 150 valence electrons. The minimum Gasteiger partial charge on any atom is -0.346 e. The van der Waals surface area contributed by atoms with Crippen LogP contribution in [0.2, 0.25) is 0 Å². The summed E-state index contributed by atoms with van der Waals surface area (Å²) in [7, 11) is -3.12. The highest BCUT2D eigenvalue weighted by Gasteiger charge is 2.25. The smallest absolute Gasteiger partial charge is 0.251 e. The van der Waals surface area contributed by atoms with Crippen LogP contribution < -0.4 is 5.32 Å². The Morgan fingerprint density at radius 2 is 1.89 bits per heavy atom. The number of piperazine rings is 1. The standard InChI is InChI=1S/C20H26N4O3S/c1-2-28(26,27)24-12-10-23(11-13-24)16-17-6-5-7-18(14-17)20(25)22-15-19-8-3-4-9-21-19/h3-9,14H,2,10-13,15-16H2,1H3,(H,22,25). The van der Waals surface area contributed by atoms with Gasteiger partial charge in [-0.1, -0.05) is 18.2 Å². The molecule has 1 aromatic carbocycles. The summed E-state index contributed by atoms with van der Waals surface area (Å²) in [5, 5.41) is 2.89. The van der Waals surface area contributed by atoms with E-state index < -0.39 is 10.0 Å². The molecule has 0 spiro atoms. The van der Waals surface area contributed by atoms with Crippen molar-refractivity contribution in [2.75, 3.05) is 31.9 Å². The molecule has 1 saturated heterocycles. The van der Waals surface area contributed by atoms with Gasteiger partial charge in [0, 0.05) is 44.5 Å². The number of aromatic nitrogens is 1. The minimum absolute atomic E-state index is 0.133. The predicted molar refractivity (Wildman–Crippen MR) is 108 cm³/mol. The van der Waals surface area contributed by atoms with Crippen molar-refractivity contribution in [3.63, 3.8) is 0 Å². The van der Waals surface area contributed by atoms with Gasteiger partial charge in [0.1, 0.15) is 0 Å². The second-order valence-corrected chi connectivity index (χ2v) is 9.04. The van der Waals surface area contributed by atoms with Crippen LogP contribution in [0, 0.1) is 0 Å². The molecular formula is C20H26N4O3S. The van der Waals surface area contributed by atoms with Crippen molar-refractivity contribution in [3.05, 3.63) is 65.5 Å². The van der Waals surface area contributed by atoms with Gasteiger partial charge in [0.15, 0.2) is 0 Å². The summed E-state index contributed by atoms with van der Waals surface area (Å²) in [6.45, 7) is 5.16. The maximum Gasteiger partial charge on any atom is 0.251 e. The topological polar surface area (TPSA) is 82.6 Å². The molecule has 0 aliphatic carbocycles. The lowest BCUT2D eigenvalue weighted by Gasteiger charge is -2.33. The van der Waals surface area contributed by atoms with Gasteiger partial charge in [0.25, 0.3) is 5.91 Å². The van der Waals surface area contributed by atoms with Crippen molar-refractivity contribution in [2.45, 2.75) is 20.0 Å². The van der Waals surface area contributed by atoms with Gasteiger partial charge in [-0.15, -0.1) is 0 Å². The molecule has 28 heavy (non-hydrogen) atoms. The number of carbonyl (C=O) groups is 1. The molecule has 1 aliphatic rings. The molecule has 1 N–H and O–H groups in total. The summed E-state index contributed by atoms with van der Waals surface area (Å²) >= 11 is 0. The average Bonchev–Trinajstić information content (AvgIpc) is 2.73. The molecular weight excluding hydrogens is 376 g/mol. The summed E-state index contributed by atoms with van der Waals surface area (Å²) in [5.74, 6) is 0.00853. The van der Waals surface area contributed by atoms with Gasteiger partial charge in [0.05, 0.1) is 18.0 Å². The maximum atomic E-state index is 12.4. The number of rotatable bonds is 7. The van der Waals surface area contributed by atoms with E-state index in [0.29, 0.717) is 44.8 Å². The van der Waals surface area contributed by atoms with Gasteiger partial charge in [-0.3, -0.25) is 14.7 Å². The number of nitrogens with zero attached hydrogens (tertiary/aromatic N) is 3. The summed E-state index contributed by atoms with van der Waals surface area (Å²) in [6.07, 6.45) is 1.70. The van der Waals surface area contributed by atoms with Crippen LogP contribution in [-0.4, -0.2) is 60.4 Å².